The summed E-state index contributed by atoms with van der Waals surface area (Å²) in [6.07, 6.45) is 0. The third kappa shape index (κ3) is 2.83. The summed E-state index contributed by atoms with van der Waals surface area (Å²) in [6.45, 7) is 7.83. The zero-order chi connectivity index (χ0) is 13.9. The molecule has 0 saturated heterocycles. The van der Waals surface area contributed by atoms with Gasteiger partial charge in [0.2, 0.25) is 0 Å². The number of ether oxygens (including phenoxy) is 1. The van der Waals surface area contributed by atoms with Crippen LogP contribution >= 0.6 is 11.5 Å². The van der Waals surface area contributed by atoms with Crippen LogP contribution in [-0.4, -0.2) is 27.6 Å². The molecule has 0 N–H and O–H groups in total. The number of nitrogens with zero attached hydrogens (tertiary/aromatic N) is 3. The Bertz CT molecular complexity index is 582. The molecule has 2 heterocycles. The monoisotopic (exact) mass is 289 g/mol. The Morgan fingerprint density at radius 3 is 3.05 bits per heavy atom. The van der Waals surface area contributed by atoms with Crippen LogP contribution in [0.4, 0.5) is 0 Å². The number of para-hydroxylation sites is 1. The minimum atomic E-state index is 0.430. The molecule has 1 aromatic carbocycles. The molecule has 0 atom stereocenters. The second kappa shape index (κ2) is 5.89. The van der Waals surface area contributed by atoms with Crippen LogP contribution in [0.25, 0.3) is 0 Å². The van der Waals surface area contributed by atoms with Crippen LogP contribution in [0, 0.1) is 0 Å². The zero-order valence-electron chi connectivity index (χ0n) is 11.9. The molecule has 2 aromatic rings. The van der Waals surface area contributed by atoms with Crippen LogP contribution in [0.15, 0.2) is 24.3 Å². The molecule has 0 fully saturated rings. The minimum Gasteiger partial charge on any atom is -0.492 e. The second-order valence-electron chi connectivity index (χ2n) is 5.40. The number of rotatable bonds is 3. The van der Waals surface area contributed by atoms with Crippen molar-refractivity contribution < 1.29 is 4.74 Å². The highest BCUT2D eigenvalue weighted by Crippen LogP contribution is 2.26. The van der Waals surface area contributed by atoms with E-state index in [1.54, 1.807) is 0 Å². The highest BCUT2D eigenvalue weighted by Gasteiger charge is 2.19. The fourth-order valence-corrected chi connectivity index (χ4v) is 3.32. The first-order valence-electron chi connectivity index (χ1n) is 6.98. The standard InChI is InChI=1S/C15H19N3OS/c1-11(2)15-14(20-17-16-15)10-18-7-8-19-13-6-4-3-5-12(13)9-18/h3-6,11H,7-10H2,1-2H3. The van der Waals surface area contributed by atoms with Crippen molar-refractivity contribution in [3.63, 3.8) is 0 Å². The first-order chi connectivity index (χ1) is 9.74. The quantitative estimate of drug-likeness (QED) is 0.870. The maximum absolute atomic E-state index is 5.81. The van der Waals surface area contributed by atoms with Gasteiger partial charge in [0, 0.05) is 25.2 Å². The number of benzene rings is 1. The molecular weight excluding hydrogens is 270 g/mol. The Kier molecular flexibility index (Phi) is 3.98. The smallest absolute Gasteiger partial charge is 0.123 e. The first-order valence-corrected chi connectivity index (χ1v) is 7.75. The third-order valence-corrected chi connectivity index (χ3v) is 4.25. The van der Waals surface area contributed by atoms with Crippen molar-refractivity contribution in [1.29, 1.82) is 0 Å². The molecule has 20 heavy (non-hydrogen) atoms. The van der Waals surface area contributed by atoms with Crippen molar-refractivity contribution in [2.24, 2.45) is 0 Å². The van der Waals surface area contributed by atoms with E-state index in [0.29, 0.717) is 5.92 Å². The number of fused-ring (bicyclic) bond motifs is 1. The fraction of sp³-hybridized carbons (Fsp3) is 0.467. The summed E-state index contributed by atoms with van der Waals surface area (Å²) in [5, 5.41) is 4.26. The molecule has 4 nitrogen and oxygen atoms in total. The van der Waals surface area contributed by atoms with Crippen molar-refractivity contribution in [2.45, 2.75) is 32.9 Å². The molecular formula is C15H19N3OS. The van der Waals surface area contributed by atoms with Crippen LogP contribution in [0.1, 0.15) is 35.9 Å². The van der Waals surface area contributed by atoms with Gasteiger partial charge in [-0.05, 0) is 23.5 Å². The van der Waals surface area contributed by atoms with Crippen LogP contribution in [-0.2, 0) is 13.1 Å². The van der Waals surface area contributed by atoms with Gasteiger partial charge in [-0.15, -0.1) is 5.10 Å². The Morgan fingerprint density at radius 2 is 2.20 bits per heavy atom. The van der Waals surface area contributed by atoms with Gasteiger partial charge in [-0.1, -0.05) is 36.5 Å². The van der Waals surface area contributed by atoms with Crippen molar-refractivity contribution >= 4 is 11.5 Å². The largest absolute Gasteiger partial charge is 0.492 e. The van der Waals surface area contributed by atoms with E-state index in [1.807, 2.05) is 12.1 Å². The van der Waals surface area contributed by atoms with Gasteiger partial charge in [0.15, 0.2) is 0 Å². The third-order valence-electron chi connectivity index (χ3n) is 3.53. The topological polar surface area (TPSA) is 38.2 Å². The van der Waals surface area contributed by atoms with Crippen molar-refractivity contribution in [1.82, 2.24) is 14.5 Å². The molecule has 0 saturated carbocycles. The van der Waals surface area contributed by atoms with Crippen molar-refractivity contribution in [2.75, 3.05) is 13.2 Å². The molecule has 0 aliphatic carbocycles. The molecule has 0 bridgehead atoms. The van der Waals surface area contributed by atoms with Crippen molar-refractivity contribution in [3.05, 3.63) is 40.4 Å². The van der Waals surface area contributed by atoms with Gasteiger partial charge in [0.05, 0.1) is 10.6 Å². The molecule has 1 aliphatic rings. The average Bonchev–Trinajstić information content (AvgIpc) is 2.79. The van der Waals surface area contributed by atoms with Gasteiger partial charge in [0.1, 0.15) is 12.4 Å². The van der Waals surface area contributed by atoms with E-state index in [9.17, 15) is 0 Å². The molecule has 5 heteroatoms. The highest BCUT2D eigenvalue weighted by molar-refractivity contribution is 7.05. The molecule has 0 unspecified atom stereocenters. The lowest BCUT2D eigenvalue weighted by Crippen LogP contribution is -2.25. The summed E-state index contributed by atoms with van der Waals surface area (Å²) in [5.41, 5.74) is 2.39. The van der Waals surface area contributed by atoms with Crippen LogP contribution in [0.3, 0.4) is 0 Å². The van der Waals surface area contributed by atoms with Crippen LogP contribution in [0.2, 0.25) is 0 Å². The molecule has 0 amide bonds. The van der Waals surface area contributed by atoms with Gasteiger partial charge >= 0.3 is 0 Å². The molecule has 3 rings (SSSR count). The van der Waals surface area contributed by atoms with E-state index >= 15 is 0 Å². The molecule has 1 aliphatic heterocycles. The highest BCUT2D eigenvalue weighted by atomic mass is 32.1. The van der Waals surface area contributed by atoms with Crippen LogP contribution < -0.4 is 4.74 Å². The molecule has 0 radical (unpaired) electrons. The second-order valence-corrected chi connectivity index (χ2v) is 6.24. The number of aromatic nitrogens is 2. The maximum atomic E-state index is 5.81. The van der Waals surface area contributed by atoms with Gasteiger partial charge in [-0.25, -0.2) is 0 Å². The summed E-state index contributed by atoms with van der Waals surface area (Å²) in [7, 11) is 0. The summed E-state index contributed by atoms with van der Waals surface area (Å²) in [6, 6.07) is 8.28. The van der Waals surface area contributed by atoms with E-state index < -0.39 is 0 Å². The lowest BCUT2D eigenvalue weighted by Gasteiger charge is -2.19. The SMILES string of the molecule is CC(C)c1nnsc1CN1CCOc2ccccc2C1. The summed E-state index contributed by atoms with van der Waals surface area (Å²) in [4.78, 5) is 3.69. The number of hydrogen-bond acceptors (Lipinski definition) is 5. The van der Waals surface area contributed by atoms with E-state index in [0.717, 1.165) is 37.7 Å². The summed E-state index contributed by atoms with van der Waals surface area (Å²) >= 11 is 1.52. The van der Waals surface area contributed by atoms with E-state index in [2.05, 4.69) is 40.5 Å². The average molecular weight is 289 g/mol. The van der Waals surface area contributed by atoms with Crippen molar-refractivity contribution in [3.8, 4) is 5.75 Å². The number of hydrogen-bond donors (Lipinski definition) is 0. The zero-order valence-corrected chi connectivity index (χ0v) is 12.7. The first kappa shape index (κ1) is 13.5. The fourth-order valence-electron chi connectivity index (χ4n) is 2.48. The summed E-state index contributed by atoms with van der Waals surface area (Å²) in [5.74, 6) is 1.45. The van der Waals surface area contributed by atoms with E-state index in [1.165, 1.54) is 22.0 Å². The molecule has 1 aromatic heterocycles. The molecule has 0 spiro atoms. The Hall–Kier alpha value is -1.46. The lowest BCUT2D eigenvalue weighted by molar-refractivity contribution is 0.220. The maximum Gasteiger partial charge on any atom is 0.123 e. The van der Waals surface area contributed by atoms with Gasteiger partial charge in [-0.3, -0.25) is 4.90 Å². The predicted molar refractivity (Wildman–Crippen MR) is 80.0 cm³/mol. The summed E-state index contributed by atoms with van der Waals surface area (Å²) < 4.78 is 9.92. The predicted octanol–water partition coefficient (Wildman–Crippen LogP) is 3.06. The van der Waals surface area contributed by atoms with E-state index in [-0.39, 0.29) is 0 Å². The lowest BCUT2D eigenvalue weighted by atomic mass is 10.1. The Morgan fingerprint density at radius 1 is 1.35 bits per heavy atom. The minimum absolute atomic E-state index is 0.430. The van der Waals surface area contributed by atoms with Crippen LogP contribution in [0.5, 0.6) is 5.75 Å². The Labute approximate surface area is 123 Å². The van der Waals surface area contributed by atoms with E-state index in [4.69, 9.17) is 4.74 Å². The molecule has 106 valence electrons. The van der Waals surface area contributed by atoms with Gasteiger partial charge in [0.25, 0.3) is 0 Å². The van der Waals surface area contributed by atoms with Gasteiger partial charge in [-0.2, -0.15) is 0 Å². The van der Waals surface area contributed by atoms with Gasteiger partial charge < -0.3 is 4.74 Å². The Balaban J connectivity index is 1.77. The normalized spacial score (nSPS) is 15.8.